The largest absolute Gasteiger partial charge is 0.488 e. The molecule has 0 aliphatic heterocycles. The molecule has 1 aromatic carbocycles. The van der Waals surface area contributed by atoms with Crippen LogP contribution in [0.2, 0.25) is 0 Å². The van der Waals surface area contributed by atoms with Crippen molar-refractivity contribution in [2.75, 3.05) is 14.1 Å². The molecule has 0 fully saturated rings. The molecule has 1 aromatic rings. The molecule has 4 nitrogen and oxygen atoms in total. The summed E-state index contributed by atoms with van der Waals surface area (Å²) in [7, 11) is 1.75. The number of benzene rings is 1. The zero-order valence-electron chi connectivity index (χ0n) is 10.1. The number of carbonyl (C=O) groups excluding carboxylic acids is 1. The zero-order chi connectivity index (χ0) is 12.7. The standard InChI is InChI=1S/C9H12BNO3.C2H6/c1-11(2)9(12)7-4-3-5-8(6-7)10(13)14;1-2/h3-6,13-14H,1-2H3;1-2H3. The lowest BCUT2D eigenvalue weighted by atomic mass is 9.79. The Morgan fingerprint density at radius 1 is 1.25 bits per heavy atom. The topological polar surface area (TPSA) is 60.8 Å². The van der Waals surface area contributed by atoms with E-state index < -0.39 is 7.12 Å². The van der Waals surface area contributed by atoms with E-state index in [1.807, 2.05) is 13.8 Å². The van der Waals surface area contributed by atoms with Gasteiger partial charge >= 0.3 is 7.12 Å². The molecule has 1 rings (SSSR count). The van der Waals surface area contributed by atoms with E-state index in [9.17, 15) is 4.79 Å². The van der Waals surface area contributed by atoms with Gasteiger partial charge in [-0.25, -0.2) is 0 Å². The van der Waals surface area contributed by atoms with E-state index >= 15 is 0 Å². The number of nitrogens with zero attached hydrogens (tertiary/aromatic N) is 1. The highest BCUT2D eigenvalue weighted by atomic mass is 16.4. The minimum atomic E-state index is -1.54. The van der Waals surface area contributed by atoms with Crippen LogP contribution >= 0.6 is 0 Å². The highest BCUT2D eigenvalue weighted by molar-refractivity contribution is 6.58. The van der Waals surface area contributed by atoms with Gasteiger partial charge in [-0.2, -0.15) is 0 Å². The molecule has 0 saturated carbocycles. The Hall–Kier alpha value is -1.33. The van der Waals surface area contributed by atoms with Crippen LogP contribution in [0.25, 0.3) is 0 Å². The van der Waals surface area contributed by atoms with E-state index in [4.69, 9.17) is 10.0 Å². The van der Waals surface area contributed by atoms with Crippen molar-refractivity contribution in [2.24, 2.45) is 0 Å². The van der Waals surface area contributed by atoms with Crippen LogP contribution in [-0.4, -0.2) is 42.1 Å². The van der Waals surface area contributed by atoms with Gasteiger partial charge in [0.2, 0.25) is 0 Å². The number of hydrogen-bond donors (Lipinski definition) is 2. The van der Waals surface area contributed by atoms with E-state index in [-0.39, 0.29) is 5.91 Å². The smallest absolute Gasteiger partial charge is 0.423 e. The lowest BCUT2D eigenvalue weighted by molar-refractivity contribution is 0.0827. The molecule has 0 unspecified atom stereocenters. The average Bonchev–Trinajstić information content (AvgIpc) is 2.30. The highest BCUT2D eigenvalue weighted by Gasteiger charge is 2.14. The van der Waals surface area contributed by atoms with E-state index in [0.29, 0.717) is 11.0 Å². The quantitative estimate of drug-likeness (QED) is 0.698. The summed E-state index contributed by atoms with van der Waals surface area (Å²) in [5.41, 5.74) is 0.762. The third-order valence-corrected chi connectivity index (χ3v) is 1.84. The fourth-order valence-corrected chi connectivity index (χ4v) is 1.09. The molecule has 0 spiro atoms. The summed E-state index contributed by atoms with van der Waals surface area (Å²) in [5, 5.41) is 17.8. The molecule has 0 heterocycles. The van der Waals surface area contributed by atoms with E-state index in [1.54, 1.807) is 32.3 Å². The summed E-state index contributed by atoms with van der Waals surface area (Å²) >= 11 is 0. The van der Waals surface area contributed by atoms with Crippen LogP contribution in [0.15, 0.2) is 24.3 Å². The van der Waals surface area contributed by atoms with Crippen molar-refractivity contribution in [2.45, 2.75) is 13.8 Å². The molecule has 88 valence electrons. The van der Waals surface area contributed by atoms with Crippen molar-refractivity contribution in [1.82, 2.24) is 4.90 Å². The van der Waals surface area contributed by atoms with Gasteiger partial charge in [0, 0.05) is 19.7 Å². The van der Waals surface area contributed by atoms with Crippen molar-refractivity contribution >= 4 is 18.5 Å². The number of rotatable bonds is 2. The second kappa shape index (κ2) is 7.03. The van der Waals surface area contributed by atoms with Crippen LogP contribution < -0.4 is 5.46 Å². The second-order valence-corrected chi connectivity index (χ2v) is 3.20. The predicted octanol–water partition coefficient (Wildman–Crippen LogP) is 0.0944. The molecule has 0 radical (unpaired) electrons. The van der Waals surface area contributed by atoms with Gasteiger partial charge in [-0.15, -0.1) is 0 Å². The van der Waals surface area contributed by atoms with Gasteiger partial charge in [-0.05, 0) is 17.6 Å². The normalized spacial score (nSPS) is 8.88. The minimum Gasteiger partial charge on any atom is -0.423 e. The Bertz CT molecular complexity index is 340. The maximum atomic E-state index is 11.5. The van der Waals surface area contributed by atoms with Crippen LogP contribution in [0.5, 0.6) is 0 Å². The molecule has 16 heavy (non-hydrogen) atoms. The lowest BCUT2D eigenvalue weighted by Gasteiger charge is -2.10. The van der Waals surface area contributed by atoms with Gasteiger partial charge in [-0.3, -0.25) is 4.79 Å². The minimum absolute atomic E-state index is 0.160. The van der Waals surface area contributed by atoms with Crippen LogP contribution in [0.3, 0.4) is 0 Å². The molecule has 0 aliphatic rings. The Morgan fingerprint density at radius 3 is 2.25 bits per heavy atom. The summed E-state index contributed by atoms with van der Waals surface area (Å²) < 4.78 is 0. The Labute approximate surface area is 96.7 Å². The first-order valence-electron chi connectivity index (χ1n) is 5.20. The van der Waals surface area contributed by atoms with Crippen LogP contribution in [0, 0.1) is 0 Å². The van der Waals surface area contributed by atoms with Crippen molar-refractivity contribution in [3.63, 3.8) is 0 Å². The molecule has 0 atom stereocenters. The van der Waals surface area contributed by atoms with Crippen molar-refractivity contribution < 1.29 is 14.8 Å². The lowest BCUT2D eigenvalue weighted by Crippen LogP contribution is -2.31. The first-order valence-corrected chi connectivity index (χ1v) is 5.20. The van der Waals surface area contributed by atoms with Crippen molar-refractivity contribution in [1.29, 1.82) is 0 Å². The third kappa shape index (κ3) is 4.04. The first kappa shape index (κ1) is 14.7. The monoisotopic (exact) mass is 223 g/mol. The van der Waals surface area contributed by atoms with Crippen molar-refractivity contribution in [3.05, 3.63) is 29.8 Å². The maximum absolute atomic E-state index is 11.5. The number of hydrogen-bond acceptors (Lipinski definition) is 3. The zero-order valence-corrected chi connectivity index (χ0v) is 10.1. The van der Waals surface area contributed by atoms with E-state index in [1.165, 1.54) is 11.0 Å². The molecular weight excluding hydrogens is 205 g/mol. The number of carbonyl (C=O) groups is 1. The maximum Gasteiger partial charge on any atom is 0.488 e. The van der Waals surface area contributed by atoms with Gasteiger partial charge in [0.05, 0.1) is 0 Å². The fraction of sp³-hybridized carbons (Fsp3) is 0.364. The summed E-state index contributed by atoms with van der Waals surface area (Å²) in [6, 6.07) is 6.27. The molecule has 0 saturated heterocycles. The molecule has 5 heteroatoms. The van der Waals surface area contributed by atoms with Gasteiger partial charge in [0.25, 0.3) is 5.91 Å². The van der Waals surface area contributed by atoms with Crippen LogP contribution in [0.4, 0.5) is 0 Å². The average molecular weight is 223 g/mol. The second-order valence-electron chi connectivity index (χ2n) is 3.20. The summed E-state index contributed by atoms with van der Waals surface area (Å²) in [6.45, 7) is 4.00. The van der Waals surface area contributed by atoms with Crippen molar-refractivity contribution in [3.8, 4) is 0 Å². The van der Waals surface area contributed by atoms with E-state index in [2.05, 4.69) is 0 Å². The van der Waals surface area contributed by atoms with Crippen LogP contribution in [0.1, 0.15) is 24.2 Å². The Kier molecular flexibility index (Phi) is 6.45. The highest BCUT2D eigenvalue weighted by Crippen LogP contribution is 2.00. The molecular formula is C11H18BNO3. The fourth-order valence-electron chi connectivity index (χ4n) is 1.09. The Balaban J connectivity index is 0.00000106. The van der Waals surface area contributed by atoms with Crippen LogP contribution in [-0.2, 0) is 0 Å². The molecule has 0 bridgehead atoms. The summed E-state index contributed by atoms with van der Waals surface area (Å²) in [4.78, 5) is 12.9. The predicted molar refractivity (Wildman–Crippen MR) is 65.6 cm³/mol. The molecule has 0 aromatic heterocycles. The van der Waals surface area contributed by atoms with Gasteiger partial charge in [-0.1, -0.05) is 26.0 Å². The molecule has 2 N–H and O–H groups in total. The third-order valence-electron chi connectivity index (χ3n) is 1.84. The SMILES string of the molecule is CC.CN(C)C(=O)c1cccc(B(O)O)c1. The molecule has 0 aliphatic carbocycles. The first-order chi connectivity index (χ1) is 7.52. The summed E-state index contributed by atoms with van der Waals surface area (Å²) in [6.07, 6.45) is 0. The Morgan fingerprint density at radius 2 is 1.81 bits per heavy atom. The molecule has 1 amide bonds. The van der Waals surface area contributed by atoms with Gasteiger partial charge < -0.3 is 14.9 Å². The number of amides is 1. The van der Waals surface area contributed by atoms with E-state index in [0.717, 1.165) is 0 Å². The summed E-state index contributed by atoms with van der Waals surface area (Å²) in [5.74, 6) is -0.160. The van der Waals surface area contributed by atoms with Gasteiger partial charge in [0.15, 0.2) is 0 Å². The van der Waals surface area contributed by atoms with Gasteiger partial charge in [0.1, 0.15) is 0 Å².